The molecule has 1 saturated carbocycles. The average molecular weight is 281 g/mol. The summed E-state index contributed by atoms with van der Waals surface area (Å²) in [6.07, 6.45) is 8.26. The largest absolute Gasteiger partial charge is 0.388 e. The molecule has 2 N–H and O–H groups in total. The lowest BCUT2D eigenvalue weighted by Gasteiger charge is -2.21. The van der Waals surface area contributed by atoms with E-state index in [2.05, 4.69) is 10.3 Å². The second-order valence-corrected chi connectivity index (χ2v) is 5.28. The van der Waals surface area contributed by atoms with Crippen LogP contribution in [0.2, 0.25) is 5.15 Å². The van der Waals surface area contributed by atoms with E-state index in [9.17, 15) is 9.90 Å². The van der Waals surface area contributed by atoms with Crippen molar-refractivity contribution in [2.24, 2.45) is 0 Å². The molecule has 0 aromatic carbocycles. The molecule has 102 valence electrons. The molecule has 1 aliphatic carbocycles. The van der Waals surface area contributed by atoms with E-state index in [1.165, 1.54) is 6.08 Å². The first-order valence-corrected chi connectivity index (χ1v) is 6.75. The molecule has 0 saturated heterocycles. The fourth-order valence-electron chi connectivity index (χ4n) is 2.21. The molecule has 5 heteroatoms. The Labute approximate surface area is 117 Å². The second kappa shape index (κ2) is 6.17. The van der Waals surface area contributed by atoms with Gasteiger partial charge in [0, 0.05) is 18.8 Å². The van der Waals surface area contributed by atoms with Crippen molar-refractivity contribution in [3.63, 3.8) is 0 Å². The van der Waals surface area contributed by atoms with Gasteiger partial charge in [-0.25, -0.2) is 4.98 Å². The van der Waals surface area contributed by atoms with E-state index in [1.807, 2.05) is 0 Å². The minimum absolute atomic E-state index is 0.215. The first-order valence-electron chi connectivity index (χ1n) is 6.37. The number of amides is 1. The quantitative estimate of drug-likeness (QED) is 0.656. The molecule has 1 aromatic heterocycles. The van der Waals surface area contributed by atoms with Gasteiger partial charge in [-0.15, -0.1) is 0 Å². The SMILES string of the molecule is O=C(/C=C/c1ccnc(Cl)c1)NCC1(O)CCCC1. The predicted octanol–water partition coefficient (Wildman–Crippen LogP) is 2.17. The molecular weight excluding hydrogens is 264 g/mol. The van der Waals surface area contributed by atoms with Crippen molar-refractivity contribution >= 4 is 23.6 Å². The van der Waals surface area contributed by atoms with Gasteiger partial charge < -0.3 is 10.4 Å². The van der Waals surface area contributed by atoms with Crippen molar-refractivity contribution in [1.29, 1.82) is 0 Å². The van der Waals surface area contributed by atoms with Crippen LogP contribution in [0, 0.1) is 0 Å². The van der Waals surface area contributed by atoms with Crippen molar-refractivity contribution in [2.75, 3.05) is 6.54 Å². The minimum atomic E-state index is -0.719. The molecule has 1 heterocycles. The summed E-state index contributed by atoms with van der Waals surface area (Å²) in [6.45, 7) is 0.313. The summed E-state index contributed by atoms with van der Waals surface area (Å²) in [5, 5.41) is 13.2. The van der Waals surface area contributed by atoms with Gasteiger partial charge in [-0.2, -0.15) is 0 Å². The molecule has 1 fully saturated rings. The number of hydrogen-bond donors (Lipinski definition) is 2. The highest BCUT2D eigenvalue weighted by molar-refractivity contribution is 6.29. The molecule has 1 amide bonds. The zero-order valence-corrected chi connectivity index (χ0v) is 11.4. The summed E-state index contributed by atoms with van der Waals surface area (Å²) in [7, 11) is 0. The van der Waals surface area contributed by atoms with Gasteiger partial charge in [0.2, 0.25) is 5.91 Å². The van der Waals surface area contributed by atoms with Crippen LogP contribution in [0.5, 0.6) is 0 Å². The van der Waals surface area contributed by atoms with Crippen molar-refractivity contribution < 1.29 is 9.90 Å². The Balaban J connectivity index is 1.84. The first-order chi connectivity index (χ1) is 9.07. The lowest BCUT2D eigenvalue weighted by Crippen LogP contribution is -2.40. The molecule has 4 nitrogen and oxygen atoms in total. The van der Waals surface area contributed by atoms with Gasteiger partial charge in [0.05, 0.1) is 5.60 Å². The van der Waals surface area contributed by atoms with Crippen LogP contribution < -0.4 is 5.32 Å². The number of carbonyl (C=O) groups excluding carboxylic acids is 1. The Morgan fingerprint density at radius 3 is 2.95 bits per heavy atom. The van der Waals surface area contributed by atoms with Gasteiger partial charge in [0.25, 0.3) is 0 Å². The standard InChI is InChI=1S/C14H17ClN2O2/c15-12-9-11(5-8-16-12)3-4-13(18)17-10-14(19)6-1-2-7-14/h3-5,8-9,19H,1-2,6-7,10H2,(H,17,18)/b4-3+. The Hall–Kier alpha value is -1.39. The number of aliphatic hydroxyl groups is 1. The summed E-state index contributed by atoms with van der Waals surface area (Å²) in [4.78, 5) is 15.5. The van der Waals surface area contributed by atoms with Crippen LogP contribution >= 0.6 is 11.6 Å². The van der Waals surface area contributed by atoms with Crippen LogP contribution in [0.15, 0.2) is 24.4 Å². The lowest BCUT2D eigenvalue weighted by atomic mass is 10.0. The highest BCUT2D eigenvalue weighted by Crippen LogP contribution is 2.28. The van der Waals surface area contributed by atoms with E-state index in [-0.39, 0.29) is 5.91 Å². The van der Waals surface area contributed by atoms with Gasteiger partial charge in [-0.3, -0.25) is 4.79 Å². The molecule has 0 atom stereocenters. The van der Waals surface area contributed by atoms with E-state index in [4.69, 9.17) is 11.6 Å². The van der Waals surface area contributed by atoms with Crippen LogP contribution in [-0.2, 0) is 4.79 Å². The fraction of sp³-hybridized carbons (Fsp3) is 0.429. The Morgan fingerprint density at radius 2 is 2.26 bits per heavy atom. The third-order valence-corrected chi connectivity index (χ3v) is 3.51. The number of nitrogens with one attached hydrogen (secondary N) is 1. The van der Waals surface area contributed by atoms with Crippen molar-refractivity contribution in [1.82, 2.24) is 10.3 Å². The third kappa shape index (κ3) is 4.33. The van der Waals surface area contributed by atoms with Crippen molar-refractivity contribution in [2.45, 2.75) is 31.3 Å². The van der Waals surface area contributed by atoms with Gasteiger partial charge in [0.1, 0.15) is 5.15 Å². The van der Waals surface area contributed by atoms with Crippen molar-refractivity contribution in [3.05, 3.63) is 35.1 Å². The highest BCUT2D eigenvalue weighted by Gasteiger charge is 2.30. The molecule has 2 rings (SSSR count). The van der Waals surface area contributed by atoms with Crippen LogP contribution in [0.25, 0.3) is 6.08 Å². The number of aromatic nitrogens is 1. The molecule has 0 spiro atoms. The molecule has 1 aliphatic rings. The van der Waals surface area contributed by atoms with Gasteiger partial charge in [0.15, 0.2) is 0 Å². The maximum absolute atomic E-state index is 11.6. The maximum atomic E-state index is 11.6. The van der Waals surface area contributed by atoms with Gasteiger partial charge >= 0.3 is 0 Å². The van der Waals surface area contributed by atoms with E-state index in [1.54, 1.807) is 24.4 Å². The molecule has 0 unspecified atom stereocenters. The normalized spacial score (nSPS) is 17.8. The summed E-state index contributed by atoms with van der Waals surface area (Å²) >= 11 is 5.75. The summed E-state index contributed by atoms with van der Waals surface area (Å²) < 4.78 is 0. The smallest absolute Gasteiger partial charge is 0.244 e. The summed E-state index contributed by atoms with van der Waals surface area (Å²) in [5.74, 6) is -0.215. The number of nitrogens with zero attached hydrogens (tertiary/aromatic N) is 1. The number of rotatable bonds is 4. The number of halogens is 1. The van der Waals surface area contributed by atoms with E-state index in [0.717, 1.165) is 31.2 Å². The lowest BCUT2D eigenvalue weighted by molar-refractivity contribution is -0.117. The molecule has 0 bridgehead atoms. The molecule has 0 radical (unpaired) electrons. The Morgan fingerprint density at radius 1 is 1.53 bits per heavy atom. The van der Waals surface area contributed by atoms with Crippen LogP contribution in [0.3, 0.4) is 0 Å². The van der Waals surface area contributed by atoms with E-state index in [0.29, 0.717) is 11.7 Å². The van der Waals surface area contributed by atoms with Crippen molar-refractivity contribution in [3.8, 4) is 0 Å². The van der Waals surface area contributed by atoms with Gasteiger partial charge in [-0.1, -0.05) is 24.4 Å². The number of hydrogen-bond acceptors (Lipinski definition) is 3. The van der Waals surface area contributed by atoms with Crippen LogP contribution in [0.4, 0.5) is 0 Å². The number of pyridine rings is 1. The minimum Gasteiger partial charge on any atom is -0.388 e. The number of carbonyl (C=O) groups is 1. The highest BCUT2D eigenvalue weighted by atomic mass is 35.5. The topological polar surface area (TPSA) is 62.2 Å². The Bertz CT molecular complexity index is 482. The summed E-state index contributed by atoms with van der Waals surface area (Å²) in [6, 6.07) is 3.44. The predicted molar refractivity (Wildman–Crippen MR) is 74.7 cm³/mol. The van der Waals surface area contributed by atoms with Crippen LogP contribution in [0.1, 0.15) is 31.2 Å². The Kier molecular flexibility index (Phi) is 4.56. The second-order valence-electron chi connectivity index (χ2n) is 4.89. The molecule has 1 aromatic rings. The fourth-order valence-corrected chi connectivity index (χ4v) is 2.40. The molecule has 19 heavy (non-hydrogen) atoms. The van der Waals surface area contributed by atoms with E-state index < -0.39 is 5.60 Å². The third-order valence-electron chi connectivity index (χ3n) is 3.30. The molecule has 0 aliphatic heterocycles. The van der Waals surface area contributed by atoms with Crippen LogP contribution in [-0.4, -0.2) is 28.1 Å². The zero-order valence-electron chi connectivity index (χ0n) is 10.6. The zero-order chi connectivity index (χ0) is 13.7. The van der Waals surface area contributed by atoms with Gasteiger partial charge in [-0.05, 0) is 36.6 Å². The monoisotopic (exact) mass is 280 g/mol. The molecular formula is C14H17ClN2O2. The first kappa shape index (κ1) is 14.0. The maximum Gasteiger partial charge on any atom is 0.244 e. The summed E-state index contributed by atoms with van der Waals surface area (Å²) in [5.41, 5.74) is 0.0958. The van der Waals surface area contributed by atoms with E-state index >= 15 is 0 Å². The average Bonchev–Trinajstić information content (AvgIpc) is 2.82.